The molecule has 1 atom stereocenters. The van der Waals surface area contributed by atoms with E-state index in [9.17, 15) is 13.6 Å². The van der Waals surface area contributed by atoms with Gasteiger partial charge in [0, 0.05) is 19.4 Å². The molecule has 1 aliphatic carbocycles. The second kappa shape index (κ2) is 7.85. The first-order valence-electron chi connectivity index (χ1n) is 8.89. The lowest BCUT2D eigenvalue weighted by molar-refractivity contribution is 0.0650. The molecule has 3 rings (SSSR count). The molecule has 1 N–H and O–H groups in total. The molecule has 1 unspecified atom stereocenters. The summed E-state index contributed by atoms with van der Waals surface area (Å²) in [6.07, 6.45) is 7.16. The zero-order valence-electron chi connectivity index (χ0n) is 15.1. The zero-order valence-corrected chi connectivity index (χ0v) is 15.1. The number of amides is 2. The molecule has 7 heteroatoms. The number of aromatic nitrogens is 2. The van der Waals surface area contributed by atoms with Gasteiger partial charge in [-0.15, -0.1) is 0 Å². The highest BCUT2D eigenvalue weighted by atomic mass is 19.3. The van der Waals surface area contributed by atoms with Crippen LogP contribution in [0.4, 0.5) is 13.6 Å². The fourth-order valence-electron chi connectivity index (χ4n) is 3.33. The van der Waals surface area contributed by atoms with Gasteiger partial charge in [-0.25, -0.2) is 9.78 Å². The van der Waals surface area contributed by atoms with Crippen LogP contribution < -0.4 is 5.32 Å². The van der Waals surface area contributed by atoms with Crippen molar-refractivity contribution < 1.29 is 13.6 Å². The Morgan fingerprint density at radius 1 is 1.31 bits per heavy atom. The summed E-state index contributed by atoms with van der Waals surface area (Å²) in [7, 11) is 1.57. The smallest absolute Gasteiger partial charge is 0.319 e. The molecule has 1 aliphatic rings. The molecule has 26 heavy (non-hydrogen) atoms. The minimum atomic E-state index is -2.67. The van der Waals surface area contributed by atoms with Gasteiger partial charge in [0.1, 0.15) is 5.82 Å². The van der Waals surface area contributed by atoms with E-state index in [2.05, 4.69) is 28.5 Å². The molecule has 0 bridgehead atoms. The predicted molar refractivity (Wildman–Crippen MR) is 95.0 cm³/mol. The minimum Gasteiger partial charge on any atom is -0.331 e. The largest absolute Gasteiger partial charge is 0.331 e. The molecule has 5 nitrogen and oxygen atoms in total. The number of hydrogen-bond acceptors (Lipinski definition) is 2. The lowest BCUT2D eigenvalue weighted by Gasteiger charge is -2.23. The number of nitrogens with one attached hydrogen (secondary N) is 1. The molecule has 0 fully saturated rings. The molecule has 2 amide bonds. The average Bonchev–Trinajstić information content (AvgIpc) is 3.09. The van der Waals surface area contributed by atoms with Crippen LogP contribution in [0.15, 0.2) is 30.6 Å². The van der Waals surface area contributed by atoms with Gasteiger partial charge in [-0.3, -0.25) is 4.57 Å². The fourth-order valence-corrected chi connectivity index (χ4v) is 3.33. The van der Waals surface area contributed by atoms with E-state index >= 15 is 0 Å². The van der Waals surface area contributed by atoms with Crippen LogP contribution in [0.5, 0.6) is 0 Å². The van der Waals surface area contributed by atoms with Crippen molar-refractivity contribution in [3.05, 3.63) is 53.1 Å². The van der Waals surface area contributed by atoms with Crippen LogP contribution in [0.1, 0.15) is 54.9 Å². The van der Waals surface area contributed by atoms with E-state index in [0.29, 0.717) is 0 Å². The Bertz CT molecular complexity index is 775. The lowest BCUT2D eigenvalue weighted by Crippen LogP contribution is -2.38. The zero-order chi connectivity index (χ0) is 18.7. The average molecular weight is 362 g/mol. The molecule has 1 aromatic carbocycles. The van der Waals surface area contributed by atoms with Crippen molar-refractivity contribution in [1.82, 2.24) is 19.8 Å². The number of benzene rings is 1. The third-order valence-corrected chi connectivity index (χ3v) is 4.90. The molecule has 0 spiro atoms. The fraction of sp³-hybridized carbons (Fsp3) is 0.474. The second-order valence-electron chi connectivity index (χ2n) is 6.79. The van der Waals surface area contributed by atoms with Crippen molar-refractivity contribution >= 4 is 6.03 Å². The number of rotatable bonds is 5. The molecule has 0 radical (unpaired) electrons. The molecule has 2 aromatic rings. The lowest BCUT2D eigenvalue weighted by atomic mass is 9.89. The maximum atomic E-state index is 12.9. The molecule has 0 saturated heterocycles. The van der Waals surface area contributed by atoms with Crippen LogP contribution in [0, 0.1) is 0 Å². The van der Waals surface area contributed by atoms with Gasteiger partial charge >= 0.3 is 12.6 Å². The summed E-state index contributed by atoms with van der Waals surface area (Å²) in [5.74, 6) is 0.152. The Hall–Kier alpha value is -2.44. The van der Waals surface area contributed by atoms with Gasteiger partial charge in [-0.1, -0.05) is 18.2 Å². The summed E-state index contributed by atoms with van der Waals surface area (Å²) in [5, 5.41) is 2.93. The van der Waals surface area contributed by atoms with Crippen LogP contribution in [-0.4, -0.2) is 27.5 Å². The number of halogens is 2. The topological polar surface area (TPSA) is 50.2 Å². The van der Waals surface area contributed by atoms with Crippen molar-refractivity contribution in [1.29, 1.82) is 0 Å². The first kappa shape index (κ1) is 18.4. The number of carbonyl (C=O) groups excluding carboxylic acids is 1. The van der Waals surface area contributed by atoms with Gasteiger partial charge in [0.05, 0.1) is 12.6 Å². The Balaban J connectivity index is 1.62. The number of nitrogens with zero attached hydrogens (tertiary/aromatic N) is 3. The first-order valence-corrected chi connectivity index (χ1v) is 8.89. The standard InChI is InChI=1S/C19H24F2N4O/c1-13(15-8-7-14-5-3-4-6-16(14)11-15)23-19(26)24(2)12-17-22-9-10-25(17)18(20)21/h7-11,13,18H,3-6,12H2,1-2H3,(H,23,26). The van der Waals surface area contributed by atoms with Gasteiger partial charge in [0.2, 0.25) is 0 Å². The van der Waals surface area contributed by atoms with E-state index < -0.39 is 6.55 Å². The van der Waals surface area contributed by atoms with Crippen LogP contribution in [-0.2, 0) is 19.4 Å². The number of alkyl halides is 2. The van der Waals surface area contributed by atoms with Crippen LogP contribution in [0.2, 0.25) is 0 Å². The molecular formula is C19H24F2N4O. The third kappa shape index (κ3) is 4.03. The van der Waals surface area contributed by atoms with Gasteiger partial charge < -0.3 is 10.2 Å². The molecule has 1 heterocycles. The Labute approximate surface area is 152 Å². The van der Waals surface area contributed by atoms with Crippen molar-refractivity contribution in [2.75, 3.05) is 7.05 Å². The highest BCUT2D eigenvalue weighted by molar-refractivity contribution is 5.74. The van der Waals surface area contributed by atoms with E-state index in [4.69, 9.17) is 0 Å². The maximum Gasteiger partial charge on any atom is 0.319 e. The first-order chi connectivity index (χ1) is 12.5. The highest BCUT2D eigenvalue weighted by Crippen LogP contribution is 2.25. The monoisotopic (exact) mass is 362 g/mol. The van der Waals surface area contributed by atoms with E-state index in [1.807, 2.05) is 6.92 Å². The van der Waals surface area contributed by atoms with Gasteiger partial charge in [0.15, 0.2) is 0 Å². The van der Waals surface area contributed by atoms with Crippen molar-refractivity contribution in [3.8, 4) is 0 Å². The van der Waals surface area contributed by atoms with Crippen molar-refractivity contribution in [2.45, 2.75) is 51.7 Å². The summed E-state index contributed by atoms with van der Waals surface area (Å²) in [4.78, 5) is 17.7. The normalized spacial score (nSPS) is 14.8. The maximum absolute atomic E-state index is 12.9. The summed E-state index contributed by atoms with van der Waals surface area (Å²) in [6, 6.07) is 5.89. The number of carbonyl (C=O) groups is 1. The number of hydrogen-bond donors (Lipinski definition) is 1. The second-order valence-corrected chi connectivity index (χ2v) is 6.79. The van der Waals surface area contributed by atoms with E-state index in [1.54, 1.807) is 7.05 Å². The van der Waals surface area contributed by atoms with Gasteiger partial charge in [0.25, 0.3) is 0 Å². The SMILES string of the molecule is CC(NC(=O)N(C)Cc1nccn1C(F)F)c1ccc2c(c1)CCCC2. The Morgan fingerprint density at radius 3 is 2.77 bits per heavy atom. The summed E-state index contributed by atoms with van der Waals surface area (Å²) < 4.78 is 26.5. The van der Waals surface area contributed by atoms with E-state index in [0.717, 1.165) is 23.0 Å². The van der Waals surface area contributed by atoms with Crippen molar-refractivity contribution in [3.63, 3.8) is 0 Å². The van der Waals surface area contributed by atoms with Crippen LogP contribution >= 0.6 is 0 Å². The van der Waals surface area contributed by atoms with E-state index in [1.165, 1.54) is 41.3 Å². The molecular weight excluding hydrogens is 338 g/mol. The highest BCUT2D eigenvalue weighted by Gasteiger charge is 2.19. The van der Waals surface area contributed by atoms with Crippen LogP contribution in [0.3, 0.4) is 0 Å². The van der Waals surface area contributed by atoms with E-state index in [-0.39, 0.29) is 24.4 Å². The summed E-state index contributed by atoms with van der Waals surface area (Å²) in [6.45, 7) is -0.727. The minimum absolute atomic E-state index is 0.0140. The number of urea groups is 1. The molecule has 1 aromatic heterocycles. The third-order valence-electron chi connectivity index (χ3n) is 4.90. The molecule has 140 valence electrons. The van der Waals surface area contributed by atoms with Gasteiger partial charge in [-0.05, 0) is 49.3 Å². The van der Waals surface area contributed by atoms with Crippen LogP contribution in [0.25, 0.3) is 0 Å². The quantitative estimate of drug-likeness (QED) is 0.872. The van der Waals surface area contributed by atoms with Gasteiger partial charge in [-0.2, -0.15) is 8.78 Å². The molecule has 0 aliphatic heterocycles. The summed E-state index contributed by atoms with van der Waals surface area (Å²) in [5.41, 5.74) is 3.82. The Morgan fingerprint density at radius 2 is 2.04 bits per heavy atom. The number of imidazole rings is 1. The predicted octanol–water partition coefficient (Wildman–Crippen LogP) is 4.06. The summed E-state index contributed by atoms with van der Waals surface area (Å²) >= 11 is 0. The Kier molecular flexibility index (Phi) is 5.54. The van der Waals surface area contributed by atoms with Crippen molar-refractivity contribution in [2.24, 2.45) is 0 Å². The number of aryl methyl sites for hydroxylation is 2. The molecule has 0 saturated carbocycles. The number of fused-ring (bicyclic) bond motifs is 1.